The molecule has 2 amide bonds. The number of pyridine rings is 1. The number of hydrogen-bond donors (Lipinski definition) is 2. The van der Waals surface area contributed by atoms with E-state index in [4.69, 9.17) is 11.5 Å². The third kappa shape index (κ3) is 2.16. The first-order valence-corrected chi connectivity index (χ1v) is 6.86. The van der Waals surface area contributed by atoms with Crippen molar-refractivity contribution in [2.24, 2.45) is 11.5 Å². The van der Waals surface area contributed by atoms with Gasteiger partial charge in [-0.25, -0.2) is 0 Å². The summed E-state index contributed by atoms with van der Waals surface area (Å²) < 4.78 is 0. The number of carbonyl (C=O) groups is 2. The molecule has 0 spiro atoms. The highest BCUT2D eigenvalue weighted by Crippen LogP contribution is 2.35. The molecule has 1 aromatic carbocycles. The Balaban J connectivity index is 2.12. The van der Waals surface area contributed by atoms with Gasteiger partial charge in [0.05, 0.1) is 16.7 Å². The summed E-state index contributed by atoms with van der Waals surface area (Å²) in [5.74, 6) is -0.987. The number of benzene rings is 1. The molecule has 1 aromatic heterocycles. The number of aromatic nitrogens is 1. The van der Waals surface area contributed by atoms with E-state index in [9.17, 15) is 9.59 Å². The predicted molar refractivity (Wildman–Crippen MR) is 82.8 cm³/mol. The van der Waals surface area contributed by atoms with E-state index >= 15 is 0 Å². The Bertz CT molecular complexity index is 784. The molecule has 4 N–H and O–H groups in total. The largest absolute Gasteiger partial charge is 0.369 e. The minimum atomic E-state index is -0.938. The van der Waals surface area contributed by atoms with Gasteiger partial charge in [-0.15, -0.1) is 0 Å². The molecule has 2 aromatic rings. The van der Waals surface area contributed by atoms with Gasteiger partial charge in [0, 0.05) is 6.20 Å². The molecular formula is C17H15N3O2. The zero-order valence-corrected chi connectivity index (χ0v) is 11.8. The molecule has 5 nitrogen and oxygen atoms in total. The first-order chi connectivity index (χ1) is 10.5. The Kier molecular flexibility index (Phi) is 3.25. The lowest BCUT2D eigenvalue weighted by Gasteiger charge is -2.31. The first kappa shape index (κ1) is 14.0. The smallest absolute Gasteiger partial charge is 0.250 e. The molecule has 3 rings (SSSR count). The van der Waals surface area contributed by atoms with Crippen LogP contribution < -0.4 is 11.5 Å². The van der Waals surface area contributed by atoms with Crippen molar-refractivity contribution in [1.29, 1.82) is 0 Å². The summed E-state index contributed by atoms with van der Waals surface area (Å²) in [5.41, 5.74) is 12.7. The molecule has 1 atom stereocenters. The molecule has 1 aliphatic carbocycles. The summed E-state index contributed by atoms with van der Waals surface area (Å²) in [6, 6.07) is 11.0. The van der Waals surface area contributed by atoms with Crippen molar-refractivity contribution in [3.8, 4) is 0 Å². The lowest BCUT2D eigenvalue weighted by atomic mass is 9.71. The molecule has 0 saturated carbocycles. The summed E-state index contributed by atoms with van der Waals surface area (Å²) in [6.45, 7) is 0. The molecule has 1 unspecified atom stereocenters. The van der Waals surface area contributed by atoms with Crippen LogP contribution in [0.3, 0.4) is 0 Å². The molecule has 1 heterocycles. The van der Waals surface area contributed by atoms with Crippen molar-refractivity contribution in [2.45, 2.75) is 11.8 Å². The molecule has 0 aliphatic heterocycles. The number of carbonyl (C=O) groups excluding carboxylic acids is 2. The molecular weight excluding hydrogens is 278 g/mol. The average Bonchev–Trinajstić information content (AvgIpc) is 2.54. The van der Waals surface area contributed by atoms with E-state index in [1.165, 1.54) is 6.20 Å². The van der Waals surface area contributed by atoms with E-state index in [1.807, 2.05) is 30.3 Å². The van der Waals surface area contributed by atoms with Crippen molar-refractivity contribution in [1.82, 2.24) is 4.98 Å². The molecule has 0 fully saturated rings. The maximum Gasteiger partial charge on any atom is 0.250 e. The van der Waals surface area contributed by atoms with E-state index in [0.29, 0.717) is 12.0 Å². The van der Waals surface area contributed by atoms with Crippen molar-refractivity contribution < 1.29 is 9.59 Å². The SMILES string of the molecule is NC(=O)c1cnc2c(c1)CC(C(N)=O)(c1ccccc1)C=C2. The highest BCUT2D eigenvalue weighted by molar-refractivity contribution is 5.94. The Hall–Kier alpha value is -2.95. The van der Waals surface area contributed by atoms with Crippen molar-refractivity contribution >= 4 is 17.9 Å². The fourth-order valence-electron chi connectivity index (χ4n) is 2.77. The molecule has 110 valence electrons. The maximum atomic E-state index is 12.2. The summed E-state index contributed by atoms with van der Waals surface area (Å²) in [6.07, 6.45) is 5.34. The number of amides is 2. The third-order valence-corrected chi connectivity index (χ3v) is 4.01. The molecule has 22 heavy (non-hydrogen) atoms. The summed E-state index contributed by atoms with van der Waals surface area (Å²) >= 11 is 0. The maximum absolute atomic E-state index is 12.2. The number of rotatable bonds is 3. The topological polar surface area (TPSA) is 99.1 Å². The van der Waals surface area contributed by atoms with Crippen LogP contribution in [0.2, 0.25) is 0 Å². The number of nitrogens with zero attached hydrogens (tertiary/aromatic N) is 1. The third-order valence-electron chi connectivity index (χ3n) is 4.01. The van der Waals surface area contributed by atoms with Gasteiger partial charge in [0.1, 0.15) is 0 Å². The fourth-order valence-corrected chi connectivity index (χ4v) is 2.77. The van der Waals surface area contributed by atoms with Gasteiger partial charge in [0.25, 0.3) is 0 Å². The molecule has 5 heteroatoms. The van der Waals surface area contributed by atoms with Gasteiger partial charge >= 0.3 is 0 Å². The van der Waals surface area contributed by atoms with Gasteiger partial charge in [0.2, 0.25) is 11.8 Å². The summed E-state index contributed by atoms with van der Waals surface area (Å²) in [5, 5.41) is 0. The monoisotopic (exact) mass is 293 g/mol. The number of nitrogens with two attached hydrogens (primary N) is 2. The van der Waals surface area contributed by atoms with Crippen LogP contribution in [-0.2, 0) is 16.6 Å². The standard InChI is InChI=1S/C17H15N3O2/c18-15(21)12-8-11-9-17(16(19)22,7-6-14(11)20-10-12)13-4-2-1-3-5-13/h1-8,10H,9H2,(H2,18,21)(H2,19,22). The first-order valence-electron chi connectivity index (χ1n) is 6.86. The number of primary amides is 2. The molecule has 0 saturated heterocycles. The Labute approximate surface area is 127 Å². The van der Waals surface area contributed by atoms with Crippen LogP contribution in [0.4, 0.5) is 0 Å². The van der Waals surface area contributed by atoms with Crippen LogP contribution in [0.1, 0.15) is 27.2 Å². The van der Waals surface area contributed by atoms with Gasteiger partial charge in [0.15, 0.2) is 0 Å². The predicted octanol–water partition coefficient (Wildman–Crippen LogP) is 1.17. The van der Waals surface area contributed by atoms with E-state index in [2.05, 4.69) is 4.98 Å². The number of hydrogen-bond acceptors (Lipinski definition) is 3. The summed E-state index contributed by atoms with van der Waals surface area (Å²) in [4.78, 5) is 27.7. The van der Waals surface area contributed by atoms with Crippen LogP contribution in [0, 0.1) is 0 Å². The van der Waals surface area contributed by atoms with Crippen molar-refractivity contribution in [3.05, 3.63) is 71.1 Å². The molecule has 0 radical (unpaired) electrons. The van der Waals surface area contributed by atoms with Gasteiger partial charge in [-0.2, -0.15) is 0 Å². The van der Waals surface area contributed by atoms with Crippen molar-refractivity contribution in [2.75, 3.05) is 0 Å². The van der Waals surface area contributed by atoms with E-state index in [-0.39, 0.29) is 0 Å². The van der Waals surface area contributed by atoms with Crippen LogP contribution in [0.25, 0.3) is 6.08 Å². The van der Waals surface area contributed by atoms with Crippen LogP contribution >= 0.6 is 0 Å². The van der Waals surface area contributed by atoms with Gasteiger partial charge in [-0.1, -0.05) is 36.4 Å². The zero-order chi connectivity index (χ0) is 15.7. The second kappa shape index (κ2) is 5.11. The second-order valence-corrected chi connectivity index (χ2v) is 5.34. The van der Waals surface area contributed by atoms with E-state index in [1.54, 1.807) is 18.2 Å². The van der Waals surface area contributed by atoms with Crippen LogP contribution in [0.5, 0.6) is 0 Å². The minimum Gasteiger partial charge on any atom is -0.369 e. The molecule has 0 bridgehead atoms. The highest BCUT2D eigenvalue weighted by atomic mass is 16.1. The lowest BCUT2D eigenvalue weighted by molar-refractivity contribution is -0.121. The fraction of sp³-hybridized carbons (Fsp3) is 0.118. The Morgan fingerprint density at radius 2 is 1.86 bits per heavy atom. The minimum absolute atomic E-state index is 0.320. The Morgan fingerprint density at radius 1 is 1.14 bits per heavy atom. The normalized spacial score (nSPS) is 19.5. The summed E-state index contributed by atoms with van der Waals surface area (Å²) in [7, 11) is 0. The average molecular weight is 293 g/mol. The second-order valence-electron chi connectivity index (χ2n) is 5.34. The van der Waals surface area contributed by atoms with Crippen LogP contribution in [-0.4, -0.2) is 16.8 Å². The van der Waals surface area contributed by atoms with Gasteiger partial charge in [-0.3, -0.25) is 14.6 Å². The van der Waals surface area contributed by atoms with E-state index in [0.717, 1.165) is 16.8 Å². The van der Waals surface area contributed by atoms with Crippen molar-refractivity contribution in [3.63, 3.8) is 0 Å². The molecule has 1 aliphatic rings. The highest BCUT2D eigenvalue weighted by Gasteiger charge is 2.39. The lowest BCUT2D eigenvalue weighted by Crippen LogP contribution is -2.42. The van der Waals surface area contributed by atoms with E-state index < -0.39 is 17.2 Å². The van der Waals surface area contributed by atoms with Gasteiger partial charge in [-0.05, 0) is 29.7 Å². The Morgan fingerprint density at radius 3 is 2.50 bits per heavy atom. The van der Waals surface area contributed by atoms with Gasteiger partial charge < -0.3 is 11.5 Å². The quantitative estimate of drug-likeness (QED) is 0.888. The van der Waals surface area contributed by atoms with Crippen LogP contribution in [0.15, 0.2) is 48.7 Å². The number of fused-ring (bicyclic) bond motifs is 1. The zero-order valence-electron chi connectivity index (χ0n) is 11.8.